The van der Waals surface area contributed by atoms with Gasteiger partial charge in [-0.1, -0.05) is 0 Å². The fourth-order valence-corrected chi connectivity index (χ4v) is 5.15. The summed E-state index contributed by atoms with van der Waals surface area (Å²) in [5.41, 5.74) is 6.17. The maximum atomic E-state index is 4.84. The molecule has 1 aromatic carbocycles. The molecule has 5 rings (SSSR count). The Morgan fingerprint density at radius 1 is 1.00 bits per heavy atom. The van der Waals surface area contributed by atoms with E-state index in [1.165, 1.54) is 46.2 Å². The highest BCUT2D eigenvalue weighted by Crippen LogP contribution is 2.38. The number of thiophene rings is 1. The van der Waals surface area contributed by atoms with Crippen molar-refractivity contribution in [3.8, 4) is 5.82 Å². The van der Waals surface area contributed by atoms with Crippen LogP contribution in [0.15, 0.2) is 18.5 Å². The number of hydrogen-bond acceptors (Lipinski definition) is 4. The largest absolute Gasteiger partial charge is 0.282 e. The summed E-state index contributed by atoms with van der Waals surface area (Å²) >= 11 is 1.85. The number of aryl methyl sites for hydroxylation is 5. The Labute approximate surface area is 150 Å². The lowest BCUT2D eigenvalue weighted by molar-refractivity contribution is 0.700. The zero-order chi connectivity index (χ0) is 17.1. The molecule has 5 heteroatoms. The van der Waals surface area contributed by atoms with Crippen LogP contribution in [0.2, 0.25) is 0 Å². The SMILES string of the molecule is Cc1nc(-n2cnc3cc(C)c(C)cc32)c2c3c(sc2n1)CCCC3. The first-order chi connectivity index (χ1) is 12.1. The van der Waals surface area contributed by atoms with Gasteiger partial charge in [-0.05, 0) is 75.3 Å². The fourth-order valence-electron chi connectivity index (χ4n) is 3.85. The summed E-state index contributed by atoms with van der Waals surface area (Å²) in [6.45, 7) is 6.27. The summed E-state index contributed by atoms with van der Waals surface area (Å²) < 4.78 is 2.15. The zero-order valence-electron chi connectivity index (χ0n) is 14.8. The lowest BCUT2D eigenvalue weighted by Gasteiger charge is -2.13. The van der Waals surface area contributed by atoms with Crippen molar-refractivity contribution in [3.05, 3.63) is 45.9 Å². The molecule has 1 aliphatic carbocycles. The third-order valence-electron chi connectivity index (χ3n) is 5.30. The standard InChI is InChI=1S/C20H20N4S/c1-11-8-15-16(9-12(11)2)24(10-21-15)19-18-14-6-4-5-7-17(14)25-20(18)23-13(3)22-19/h8-10H,4-7H2,1-3H3. The number of hydrogen-bond donors (Lipinski definition) is 0. The van der Waals surface area contributed by atoms with Gasteiger partial charge in [-0.2, -0.15) is 0 Å². The topological polar surface area (TPSA) is 43.6 Å². The Bertz CT molecular complexity index is 1140. The Morgan fingerprint density at radius 2 is 1.80 bits per heavy atom. The van der Waals surface area contributed by atoms with Gasteiger partial charge in [0.05, 0.1) is 16.4 Å². The lowest BCUT2D eigenvalue weighted by Crippen LogP contribution is -2.04. The van der Waals surface area contributed by atoms with Gasteiger partial charge >= 0.3 is 0 Å². The van der Waals surface area contributed by atoms with Crippen LogP contribution in [-0.2, 0) is 12.8 Å². The second-order valence-corrected chi connectivity index (χ2v) is 8.11. The van der Waals surface area contributed by atoms with E-state index in [9.17, 15) is 0 Å². The Morgan fingerprint density at radius 3 is 2.68 bits per heavy atom. The highest BCUT2D eigenvalue weighted by molar-refractivity contribution is 7.18. The van der Waals surface area contributed by atoms with Crippen molar-refractivity contribution in [2.45, 2.75) is 46.5 Å². The second-order valence-electron chi connectivity index (χ2n) is 7.03. The maximum absolute atomic E-state index is 4.84. The molecule has 0 spiro atoms. The molecule has 4 nitrogen and oxygen atoms in total. The normalized spacial score (nSPS) is 14.4. The maximum Gasteiger partial charge on any atom is 0.151 e. The lowest BCUT2D eigenvalue weighted by atomic mass is 9.97. The van der Waals surface area contributed by atoms with Gasteiger partial charge in [0.2, 0.25) is 0 Å². The van der Waals surface area contributed by atoms with Crippen molar-refractivity contribution < 1.29 is 0 Å². The average Bonchev–Trinajstić information content (AvgIpc) is 3.15. The molecule has 0 saturated carbocycles. The Kier molecular flexibility index (Phi) is 3.22. The number of benzene rings is 1. The molecule has 126 valence electrons. The highest BCUT2D eigenvalue weighted by Gasteiger charge is 2.22. The van der Waals surface area contributed by atoms with Gasteiger partial charge in [0.1, 0.15) is 17.0 Å². The molecule has 25 heavy (non-hydrogen) atoms. The summed E-state index contributed by atoms with van der Waals surface area (Å²) in [4.78, 5) is 16.8. The summed E-state index contributed by atoms with van der Waals surface area (Å²) in [5.74, 6) is 1.82. The molecule has 0 bridgehead atoms. The number of aromatic nitrogens is 4. The van der Waals surface area contributed by atoms with Crippen LogP contribution < -0.4 is 0 Å². The molecule has 1 aliphatic rings. The molecule has 0 aliphatic heterocycles. The van der Waals surface area contributed by atoms with Gasteiger partial charge in [-0.3, -0.25) is 4.57 Å². The van der Waals surface area contributed by atoms with Crippen LogP contribution in [-0.4, -0.2) is 19.5 Å². The predicted molar refractivity (Wildman–Crippen MR) is 103 cm³/mol. The van der Waals surface area contributed by atoms with Gasteiger partial charge in [-0.25, -0.2) is 15.0 Å². The van der Waals surface area contributed by atoms with Crippen LogP contribution in [0.25, 0.3) is 27.1 Å². The van der Waals surface area contributed by atoms with Crippen LogP contribution in [0, 0.1) is 20.8 Å². The molecule has 0 saturated heterocycles. The van der Waals surface area contributed by atoms with E-state index in [2.05, 4.69) is 35.5 Å². The fraction of sp³-hybridized carbons (Fsp3) is 0.350. The highest BCUT2D eigenvalue weighted by atomic mass is 32.1. The first-order valence-corrected chi connectivity index (χ1v) is 9.67. The Hall–Kier alpha value is -2.27. The second kappa shape index (κ2) is 5.36. The molecule has 0 unspecified atom stereocenters. The first-order valence-electron chi connectivity index (χ1n) is 8.85. The van der Waals surface area contributed by atoms with Gasteiger partial charge < -0.3 is 0 Å². The van der Waals surface area contributed by atoms with E-state index in [4.69, 9.17) is 9.97 Å². The van der Waals surface area contributed by atoms with Crippen molar-refractivity contribution in [2.75, 3.05) is 0 Å². The summed E-state index contributed by atoms with van der Waals surface area (Å²) in [6.07, 6.45) is 6.78. The molecule has 0 amide bonds. The zero-order valence-corrected chi connectivity index (χ0v) is 15.6. The first kappa shape index (κ1) is 15.0. The van der Waals surface area contributed by atoms with E-state index < -0.39 is 0 Å². The number of nitrogens with zero attached hydrogens (tertiary/aromatic N) is 4. The molecule has 3 heterocycles. The van der Waals surface area contributed by atoms with E-state index in [0.29, 0.717) is 0 Å². The average molecular weight is 348 g/mol. The predicted octanol–water partition coefficient (Wildman–Crippen LogP) is 4.83. The minimum absolute atomic E-state index is 0.826. The van der Waals surface area contributed by atoms with Crippen molar-refractivity contribution in [1.29, 1.82) is 0 Å². The molecule has 0 radical (unpaired) electrons. The van der Waals surface area contributed by atoms with E-state index >= 15 is 0 Å². The molecule has 0 atom stereocenters. The third-order valence-corrected chi connectivity index (χ3v) is 6.48. The van der Waals surface area contributed by atoms with Crippen molar-refractivity contribution in [2.24, 2.45) is 0 Å². The summed E-state index contributed by atoms with van der Waals surface area (Å²) in [7, 11) is 0. The monoisotopic (exact) mass is 348 g/mol. The molecule has 4 aromatic rings. The molecular formula is C20H20N4S. The van der Waals surface area contributed by atoms with E-state index in [0.717, 1.165) is 33.9 Å². The molecule has 3 aromatic heterocycles. The third kappa shape index (κ3) is 2.22. The van der Waals surface area contributed by atoms with Gasteiger partial charge in [0, 0.05) is 4.88 Å². The minimum atomic E-state index is 0.826. The summed E-state index contributed by atoms with van der Waals surface area (Å²) in [5, 5.41) is 1.24. The quantitative estimate of drug-likeness (QED) is 0.495. The van der Waals surface area contributed by atoms with Crippen molar-refractivity contribution in [1.82, 2.24) is 19.5 Å². The summed E-state index contributed by atoms with van der Waals surface area (Å²) in [6, 6.07) is 4.38. The van der Waals surface area contributed by atoms with Crippen molar-refractivity contribution in [3.63, 3.8) is 0 Å². The number of rotatable bonds is 1. The van der Waals surface area contributed by atoms with Crippen LogP contribution in [0.5, 0.6) is 0 Å². The smallest absolute Gasteiger partial charge is 0.151 e. The Balaban J connectivity index is 1.86. The van der Waals surface area contributed by atoms with E-state index in [-0.39, 0.29) is 0 Å². The number of imidazole rings is 1. The van der Waals surface area contributed by atoms with Gasteiger partial charge in [-0.15, -0.1) is 11.3 Å². The molecule has 0 fully saturated rings. The van der Waals surface area contributed by atoms with Crippen molar-refractivity contribution >= 4 is 32.6 Å². The molecular weight excluding hydrogens is 328 g/mol. The van der Waals surface area contributed by atoms with Gasteiger partial charge in [0.25, 0.3) is 0 Å². The van der Waals surface area contributed by atoms with Crippen LogP contribution >= 0.6 is 11.3 Å². The molecule has 0 N–H and O–H groups in total. The van der Waals surface area contributed by atoms with Crippen LogP contribution in [0.1, 0.15) is 40.2 Å². The van der Waals surface area contributed by atoms with E-state index in [1.807, 2.05) is 24.6 Å². The van der Waals surface area contributed by atoms with E-state index in [1.54, 1.807) is 0 Å². The minimum Gasteiger partial charge on any atom is -0.282 e. The van der Waals surface area contributed by atoms with Crippen LogP contribution in [0.4, 0.5) is 0 Å². The van der Waals surface area contributed by atoms with Gasteiger partial charge in [0.15, 0.2) is 5.82 Å². The van der Waals surface area contributed by atoms with Crippen LogP contribution in [0.3, 0.4) is 0 Å². The number of fused-ring (bicyclic) bond motifs is 4.